The van der Waals surface area contributed by atoms with Crippen molar-refractivity contribution in [3.8, 4) is 5.75 Å². The lowest BCUT2D eigenvalue weighted by Gasteiger charge is -2.05. The number of phenolic OH excluding ortho intramolecular Hbond substituents is 1. The summed E-state index contributed by atoms with van der Waals surface area (Å²) >= 11 is 0. The average Bonchev–Trinajstić information content (AvgIpc) is 2.39. The number of fused-ring (bicyclic) bond motifs is 1. The van der Waals surface area contributed by atoms with Gasteiger partial charge in [0, 0.05) is 17.3 Å². The van der Waals surface area contributed by atoms with Crippen LogP contribution < -0.4 is 10.6 Å². The van der Waals surface area contributed by atoms with Gasteiger partial charge in [0.2, 0.25) is 5.91 Å². The first kappa shape index (κ1) is 8.07. The second kappa shape index (κ2) is 2.74. The highest BCUT2D eigenvalue weighted by Crippen LogP contribution is 2.32. The topological polar surface area (TPSA) is 61.4 Å². The highest BCUT2D eigenvalue weighted by molar-refractivity contribution is 6.02. The van der Waals surface area contributed by atoms with E-state index in [-0.39, 0.29) is 17.7 Å². The van der Waals surface area contributed by atoms with Gasteiger partial charge in [-0.3, -0.25) is 4.79 Å². The predicted octanol–water partition coefficient (Wildman–Crippen LogP) is 0.605. The van der Waals surface area contributed by atoms with E-state index in [4.69, 9.17) is 5.11 Å². The molecule has 1 unspecified atom stereocenters. The lowest BCUT2D eigenvalue weighted by molar-refractivity contribution is -0.117. The molecule has 4 nitrogen and oxygen atoms in total. The van der Waals surface area contributed by atoms with Crippen molar-refractivity contribution < 1.29 is 9.90 Å². The Bertz CT molecular complexity index is 363. The van der Waals surface area contributed by atoms with Crippen molar-refractivity contribution in [2.75, 3.05) is 12.4 Å². The van der Waals surface area contributed by atoms with Crippen LogP contribution in [0, 0.1) is 0 Å². The maximum Gasteiger partial charge on any atom is 0.246 e. The van der Waals surface area contributed by atoms with E-state index in [1.54, 1.807) is 25.2 Å². The molecular weight excluding hydrogens is 168 g/mol. The quantitative estimate of drug-likeness (QED) is 0.590. The van der Waals surface area contributed by atoms with Gasteiger partial charge in [0.15, 0.2) is 0 Å². The fraction of sp³-hybridized carbons (Fsp3) is 0.222. The fourth-order valence-electron chi connectivity index (χ4n) is 1.54. The zero-order chi connectivity index (χ0) is 9.42. The maximum absolute atomic E-state index is 11.3. The van der Waals surface area contributed by atoms with Crippen molar-refractivity contribution in [1.29, 1.82) is 0 Å². The number of phenols is 1. The molecule has 1 aliphatic heterocycles. The van der Waals surface area contributed by atoms with Crippen LogP contribution in [0.4, 0.5) is 5.69 Å². The summed E-state index contributed by atoms with van der Waals surface area (Å²) in [6.45, 7) is 0. The molecule has 4 heteroatoms. The number of likely N-dealkylation sites (N-methyl/N-ethyl adjacent to an activating group) is 1. The van der Waals surface area contributed by atoms with Gasteiger partial charge in [-0.1, -0.05) is 6.07 Å². The van der Waals surface area contributed by atoms with Crippen molar-refractivity contribution in [2.45, 2.75) is 6.04 Å². The van der Waals surface area contributed by atoms with Gasteiger partial charge in [0.25, 0.3) is 0 Å². The molecule has 1 heterocycles. The number of aromatic hydroxyl groups is 1. The summed E-state index contributed by atoms with van der Waals surface area (Å²) in [4.78, 5) is 11.3. The Morgan fingerprint density at radius 2 is 2.31 bits per heavy atom. The molecule has 1 aliphatic rings. The maximum atomic E-state index is 11.3. The number of nitrogens with one attached hydrogen (secondary N) is 2. The molecule has 1 amide bonds. The van der Waals surface area contributed by atoms with Crippen LogP contribution in [0.2, 0.25) is 0 Å². The summed E-state index contributed by atoms with van der Waals surface area (Å²) in [7, 11) is 1.73. The highest BCUT2D eigenvalue weighted by Gasteiger charge is 2.28. The molecule has 0 spiro atoms. The molecule has 0 aromatic heterocycles. The molecule has 0 saturated carbocycles. The first-order chi connectivity index (χ1) is 6.22. The van der Waals surface area contributed by atoms with Gasteiger partial charge in [-0.25, -0.2) is 0 Å². The summed E-state index contributed by atoms with van der Waals surface area (Å²) in [5, 5.41) is 14.7. The van der Waals surface area contributed by atoms with Gasteiger partial charge in [-0.2, -0.15) is 0 Å². The van der Waals surface area contributed by atoms with Crippen molar-refractivity contribution in [2.24, 2.45) is 0 Å². The second-order valence-electron chi connectivity index (χ2n) is 2.98. The van der Waals surface area contributed by atoms with Crippen molar-refractivity contribution >= 4 is 11.6 Å². The minimum Gasteiger partial charge on any atom is -0.508 e. The Balaban J connectivity index is 2.48. The number of carbonyl (C=O) groups excluding carboxylic acids is 1. The molecule has 0 aliphatic carbocycles. The van der Waals surface area contributed by atoms with E-state index in [2.05, 4.69) is 10.6 Å². The minimum atomic E-state index is -0.296. The van der Waals surface area contributed by atoms with Gasteiger partial charge in [-0.05, 0) is 13.1 Å². The fourth-order valence-corrected chi connectivity index (χ4v) is 1.54. The summed E-state index contributed by atoms with van der Waals surface area (Å²) < 4.78 is 0. The molecule has 0 bridgehead atoms. The lowest BCUT2D eigenvalue weighted by Crippen LogP contribution is -2.23. The number of carbonyl (C=O) groups is 1. The van der Waals surface area contributed by atoms with E-state index in [0.29, 0.717) is 5.69 Å². The Hall–Kier alpha value is -1.55. The van der Waals surface area contributed by atoms with E-state index < -0.39 is 0 Å². The van der Waals surface area contributed by atoms with E-state index in [1.165, 1.54) is 0 Å². The summed E-state index contributed by atoms with van der Waals surface area (Å²) in [5.41, 5.74) is 1.56. The van der Waals surface area contributed by atoms with E-state index >= 15 is 0 Å². The lowest BCUT2D eigenvalue weighted by atomic mass is 10.1. The molecule has 1 aromatic rings. The van der Waals surface area contributed by atoms with Crippen LogP contribution in [0.25, 0.3) is 0 Å². The van der Waals surface area contributed by atoms with Crippen molar-refractivity contribution in [1.82, 2.24) is 5.32 Å². The molecular formula is C9H10N2O2. The highest BCUT2D eigenvalue weighted by atomic mass is 16.3. The van der Waals surface area contributed by atoms with Crippen LogP contribution in [0.3, 0.4) is 0 Å². The first-order valence-corrected chi connectivity index (χ1v) is 4.03. The molecule has 68 valence electrons. The van der Waals surface area contributed by atoms with Crippen LogP contribution in [-0.4, -0.2) is 18.1 Å². The van der Waals surface area contributed by atoms with E-state index in [0.717, 1.165) is 5.56 Å². The molecule has 0 saturated heterocycles. The zero-order valence-corrected chi connectivity index (χ0v) is 7.16. The molecule has 0 radical (unpaired) electrons. The van der Waals surface area contributed by atoms with Gasteiger partial charge in [-0.15, -0.1) is 0 Å². The van der Waals surface area contributed by atoms with Crippen molar-refractivity contribution in [3.63, 3.8) is 0 Å². The van der Waals surface area contributed by atoms with Crippen molar-refractivity contribution in [3.05, 3.63) is 23.8 Å². The van der Waals surface area contributed by atoms with Crippen LogP contribution >= 0.6 is 0 Å². The number of rotatable bonds is 1. The van der Waals surface area contributed by atoms with Crippen LogP contribution in [0.15, 0.2) is 18.2 Å². The number of benzene rings is 1. The van der Waals surface area contributed by atoms with E-state index in [1.807, 2.05) is 0 Å². The Morgan fingerprint density at radius 3 is 3.00 bits per heavy atom. The standard InChI is InChI=1S/C9H10N2O2/c1-10-8-6-3-2-5(12)4-7(6)11-9(8)13/h2-4,8,10,12H,1H3,(H,11,13). The molecule has 2 rings (SSSR count). The minimum absolute atomic E-state index is 0.0805. The molecule has 1 atom stereocenters. The summed E-state index contributed by atoms with van der Waals surface area (Å²) in [6, 6.07) is 4.56. The van der Waals surface area contributed by atoms with Gasteiger partial charge < -0.3 is 15.7 Å². The third-order valence-electron chi connectivity index (χ3n) is 2.16. The molecule has 0 fully saturated rings. The Labute approximate surface area is 75.6 Å². The summed E-state index contributed by atoms with van der Waals surface area (Å²) in [5.74, 6) is 0.0823. The summed E-state index contributed by atoms with van der Waals surface area (Å²) in [6.07, 6.45) is 0. The Kier molecular flexibility index (Phi) is 1.70. The Morgan fingerprint density at radius 1 is 1.54 bits per heavy atom. The predicted molar refractivity (Wildman–Crippen MR) is 48.5 cm³/mol. The first-order valence-electron chi connectivity index (χ1n) is 4.03. The number of anilines is 1. The van der Waals surface area contributed by atoms with Crippen LogP contribution in [0.1, 0.15) is 11.6 Å². The largest absolute Gasteiger partial charge is 0.508 e. The monoisotopic (exact) mass is 178 g/mol. The van der Waals surface area contributed by atoms with E-state index in [9.17, 15) is 4.79 Å². The van der Waals surface area contributed by atoms with Crippen LogP contribution in [0.5, 0.6) is 5.75 Å². The van der Waals surface area contributed by atoms with Gasteiger partial charge >= 0.3 is 0 Å². The molecule has 1 aromatic carbocycles. The smallest absolute Gasteiger partial charge is 0.246 e. The zero-order valence-electron chi connectivity index (χ0n) is 7.16. The van der Waals surface area contributed by atoms with Crippen LogP contribution in [-0.2, 0) is 4.79 Å². The SMILES string of the molecule is CNC1C(=O)Nc2cc(O)ccc21. The molecule has 13 heavy (non-hydrogen) atoms. The second-order valence-corrected chi connectivity index (χ2v) is 2.98. The van der Waals surface area contributed by atoms with Gasteiger partial charge in [0.05, 0.1) is 0 Å². The normalized spacial score (nSPS) is 19.8. The molecule has 3 N–H and O–H groups in total. The van der Waals surface area contributed by atoms with Gasteiger partial charge in [0.1, 0.15) is 11.8 Å². The number of hydrogen-bond acceptors (Lipinski definition) is 3. The number of hydrogen-bond donors (Lipinski definition) is 3. The third-order valence-corrected chi connectivity index (χ3v) is 2.16. The third kappa shape index (κ3) is 1.15. The number of amides is 1. The average molecular weight is 178 g/mol.